The number of rotatable bonds is 9. The topological polar surface area (TPSA) is 160 Å². The van der Waals surface area contributed by atoms with Crippen molar-refractivity contribution in [3.63, 3.8) is 0 Å². The number of aromatic amines is 1. The number of carbonyl (C=O) groups excluding carboxylic acids is 1. The van der Waals surface area contributed by atoms with E-state index in [1.807, 2.05) is 23.0 Å². The maximum Gasteiger partial charge on any atom is 0.254 e. The van der Waals surface area contributed by atoms with Crippen molar-refractivity contribution in [2.75, 3.05) is 49.9 Å². The highest BCUT2D eigenvalue weighted by Gasteiger charge is 2.19. The number of anilines is 2. The van der Waals surface area contributed by atoms with E-state index < -0.39 is 0 Å². The summed E-state index contributed by atoms with van der Waals surface area (Å²) in [6.07, 6.45) is 9.83. The molecule has 1 aliphatic heterocycles. The molecule has 0 atom stereocenters. The molecule has 0 saturated carbocycles. The molecule has 6 rings (SSSR count). The predicted octanol–water partition coefficient (Wildman–Crippen LogP) is 2.09. The lowest BCUT2D eigenvalue weighted by atomic mass is 10.1. The molecule has 6 heterocycles. The number of amides is 1. The maximum atomic E-state index is 12.6. The minimum atomic E-state index is -0.178. The van der Waals surface area contributed by atoms with Gasteiger partial charge in [0, 0.05) is 75.0 Å². The number of H-pyrrole nitrogens is 1. The third-order valence-electron chi connectivity index (χ3n) is 7.32. The molecule has 13 heteroatoms. The quantitative estimate of drug-likeness (QED) is 0.236. The Morgan fingerprint density at radius 1 is 1.05 bits per heavy atom. The van der Waals surface area contributed by atoms with Gasteiger partial charge in [-0.1, -0.05) is 6.92 Å². The fourth-order valence-corrected chi connectivity index (χ4v) is 5.01. The number of unbranched alkanes of at least 4 members (excludes halogenated alkanes) is 1. The second-order valence-electron chi connectivity index (χ2n) is 9.82. The van der Waals surface area contributed by atoms with Gasteiger partial charge in [-0.05, 0) is 31.5 Å². The van der Waals surface area contributed by atoms with Crippen LogP contribution in [0.2, 0.25) is 0 Å². The second kappa shape index (κ2) is 11.2. The van der Waals surface area contributed by atoms with Crippen LogP contribution in [0, 0.1) is 0 Å². The van der Waals surface area contributed by atoms with Gasteiger partial charge in [-0.25, -0.2) is 29.6 Å². The van der Waals surface area contributed by atoms with E-state index >= 15 is 0 Å². The van der Waals surface area contributed by atoms with Crippen molar-refractivity contribution in [3.8, 4) is 11.3 Å². The summed E-state index contributed by atoms with van der Waals surface area (Å²) in [6, 6.07) is 3.99. The SMILES string of the molecule is CCN1CCN(c2ncc(C(=O)NCCCCn3nc(-c4cnc5[nH]ccc5c4)c4c(N)ncnc43)cn2)CC1. The van der Waals surface area contributed by atoms with E-state index in [-0.39, 0.29) is 5.91 Å². The summed E-state index contributed by atoms with van der Waals surface area (Å²) in [4.78, 5) is 42.3. The van der Waals surface area contributed by atoms with Crippen LogP contribution < -0.4 is 16.0 Å². The molecule has 1 aliphatic rings. The van der Waals surface area contributed by atoms with Gasteiger partial charge in [0.05, 0.1) is 10.9 Å². The number of likely N-dealkylation sites (N-methyl/N-ethyl adjacent to an activating group) is 1. The van der Waals surface area contributed by atoms with E-state index in [2.05, 4.69) is 51.9 Å². The van der Waals surface area contributed by atoms with Gasteiger partial charge in [-0.15, -0.1) is 0 Å². The summed E-state index contributed by atoms with van der Waals surface area (Å²) < 4.78 is 1.85. The Bertz CT molecular complexity index is 1620. The van der Waals surface area contributed by atoms with Gasteiger partial charge in [-0.3, -0.25) is 4.79 Å². The monoisotopic (exact) mass is 540 g/mol. The largest absolute Gasteiger partial charge is 0.383 e. The van der Waals surface area contributed by atoms with Crippen LogP contribution in [0.5, 0.6) is 0 Å². The van der Waals surface area contributed by atoms with Gasteiger partial charge in [-0.2, -0.15) is 5.10 Å². The molecule has 5 aromatic heterocycles. The highest BCUT2D eigenvalue weighted by atomic mass is 16.1. The first-order valence-corrected chi connectivity index (χ1v) is 13.6. The van der Waals surface area contributed by atoms with Gasteiger partial charge in [0.25, 0.3) is 5.91 Å². The molecule has 5 aromatic rings. The first-order valence-electron chi connectivity index (χ1n) is 13.6. The number of aromatic nitrogens is 8. The number of nitrogens with one attached hydrogen (secondary N) is 2. The molecule has 1 saturated heterocycles. The molecule has 0 aliphatic carbocycles. The number of hydrogen-bond acceptors (Lipinski definition) is 10. The summed E-state index contributed by atoms with van der Waals surface area (Å²) >= 11 is 0. The van der Waals surface area contributed by atoms with E-state index in [0.717, 1.165) is 62.2 Å². The van der Waals surface area contributed by atoms with Crippen LogP contribution >= 0.6 is 0 Å². The first kappa shape index (κ1) is 25.6. The minimum Gasteiger partial charge on any atom is -0.383 e. The number of nitrogens with two attached hydrogens (primary N) is 1. The molecule has 13 nitrogen and oxygen atoms in total. The normalized spacial score (nSPS) is 14.3. The number of fused-ring (bicyclic) bond motifs is 2. The lowest BCUT2D eigenvalue weighted by molar-refractivity contribution is 0.0952. The second-order valence-corrected chi connectivity index (χ2v) is 9.82. The van der Waals surface area contributed by atoms with Crippen LogP contribution in [0.3, 0.4) is 0 Å². The molecule has 206 valence electrons. The molecule has 1 amide bonds. The van der Waals surface area contributed by atoms with Crippen LogP contribution in [-0.2, 0) is 6.54 Å². The van der Waals surface area contributed by atoms with Crippen molar-refractivity contribution < 1.29 is 4.79 Å². The van der Waals surface area contributed by atoms with Crippen LogP contribution in [0.1, 0.15) is 30.1 Å². The number of carbonyl (C=O) groups is 1. The molecule has 0 bridgehead atoms. The van der Waals surface area contributed by atoms with Gasteiger partial charge in [0.2, 0.25) is 5.95 Å². The average molecular weight is 541 g/mol. The zero-order valence-corrected chi connectivity index (χ0v) is 22.4. The molecule has 4 N–H and O–H groups in total. The fourth-order valence-electron chi connectivity index (χ4n) is 5.01. The predicted molar refractivity (Wildman–Crippen MR) is 153 cm³/mol. The van der Waals surface area contributed by atoms with Crippen molar-refractivity contribution in [1.29, 1.82) is 0 Å². The Hall–Kier alpha value is -4.65. The van der Waals surface area contributed by atoms with Crippen molar-refractivity contribution in [2.45, 2.75) is 26.3 Å². The maximum absolute atomic E-state index is 12.6. The van der Waals surface area contributed by atoms with Crippen molar-refractivity contribution in [3.05, 3.63) is 48.8 Å². The summed E-state index contributed by atoms with van der Waals surface area (Å²) in [5, 5.41) is 9.48. The number of aryl methyl sites for hydroxylation is 1. The van der Waals surface area contributed by atoms with Crippen molar-refractivity contribution in [2.24, 2.45) is 0 Å². The molecule has 1 fully saturated rings. The third-order valence-corrected chi connectivity index (χ3v) is 7.32. The zero-order chi connectivity index (χ0) is 27.5. The number of pyridine rings is 1. The van der Waals surface area contributed by atoms with Crippen LogP contribution in [0.4, 0.5) is 11.8 Å². The minimum absolute atomic E-state index is 0.178. The fraction of sp³-hybridized carbons (Fsp3) is 0.370. The molecular formula is C27H32N12O. The van der Waals surface area contributed by atoms with Crippen LogP contribution in [-0.4, -0.2) is 89.8 Å². The molecule has 0 aromatic carbocycles. The Kier molecular flexibility index (Phi) is 7.19. The van der Waals surface area contributed by atoms with Crippen LogP contribution in [0.25, 0.3) is 33.3 Å². The van der Waals surface area contributed by atoms with E-state index in [4.69, 9.17) is 10.8 Å². The Morgan fingerprint density at radius 2 is 1.88 bits per heavy atom. The standard InChI is InChI=1S/C27H32N12O/c1-2-37-9-11-38(12-10-37)27-32-15-20(16-33-27)26(40)30-6-3-4-8-39-25-21(23(28)34-17-35-25)22(36-39)19-13-18-5-7-29-24(18)31-14-19/h5,7,13-17H,2-4,6,8-12H2,1H3,(H,29,31)(H,30,40)(H2,28,34,35). The molecular weight excluding hydrogens is 508 g/mol. The first-order chi connectivity index (χ1) is 19.6. The lowest BCUT2D eigenvalue weighted by Gasteiger charge is -2.33. The number of hydrogen-bond donors (Lipinski definition) is 3. The van der Waals surface area contributed by atoms with Crippen LogP contribution in [0.15, 0.2) is 43.2 Å². The Morgan fingerprint density at radius 3 is 2.67 bits per heavy atom. The number of nitrogen functional groups attached to an aromatic ring is 1. The summed E-state index contributed by atoms with van der Waals surface area (Å²) in [5.74, 6) is 0.873. The zero-order valence-electron chi connectivity index (χ0n) is 22.4. The molecule has 0 spiro atoms. The van der Waals surface area contributed by atoms with E-state index in [1.54, 1.807) is 18.6 Å². The van der Waals surface area contributed by atoms with Crippen molar-refractivity contribution >= 4 is 39.7 Å². The summed E-state index contributed by atoms with van der Waals surface area (Å²) in [7, 11) is 0. The Balaban J connectivity index is 1.05. The van der Waals surface area contributed by atoms with Crippen molar-refractivity contribution in [1.82, 2.24) is 49.9 Å². The Labute approximate surface area is 230 Å². The lowest BCUT2D eigenvalue weighted by Crippen LogP contribution is -2.46. The van der Waals surface area contributed by atoms with E-state index in [9.17, 15) is 4.79 Å². The smallest absolute Gasteiger partial charge is 0.254 e. The van der Waals surface area contributed by atoms with E-state index in [0.29, 0.717) is 47.1 Å². The highest BCUT2D eigenvalue weighted by Crippen LogP contribution is 2.31. The molecule has 40 heavy (non-hydrogen) atoms. The average Bonchev–Trinajstić information content (AvgIpc) is 3.62. The molecule has 0 radical (unpaired) electrons. The highest BCUT2D eigenvalue weighted by molar-refractivity contribution is 5.99. The summed E-state index contributed by atoms with van der Waals surface area (Å²) in [6.45, 7) is 8.15. The van der Waals surface area contributed by atoms with Gasteiger partial charge >= 0.3 is 0 Å². The number of piperazine rings is 1. The van der Waals surface area contributed by atoms with Gasteiger partial charge < -0.3 is 25.8 Å². The number of nitrogens with zero attached hydrogens (tertiary/aromatic N) is 9. The molecule has 0 unspecified atom stereocenters. The summed E-state index contributed by atoms with van der Waals surface area (Å²) in [5.41, 5.74) is 9.73. The van der Waals surface area contributed by atoms with E-state index in [1.165, 1.54) is 6.33 Å². The third kappa shape index (κ3) is 5.15. The van der Waals surface area contributed by atoms with Gasteiger partial charge in [0.15, 0.2) is 5.65 Å². The van der Waals surface area contributed by atoms with Gasteiger partial charge in [0.1, 0.15) is 23.5 Å².